The van der Waals surface area contributed by atoms with Crippen molar-refractivity contribution in [3.63, 3.8) is 0 Å². The van der Waals surface area contributed by atoms with Crippen LogP contribution >= 0.6 is 0 Å². The average Bonchev–Trinajstić information content (AvgIpc) is 2.24. The Labute approximate surface area is 112 Å². The van der Waals surface area contributed by atoms with Crippen LogP contribution in [0.25, 0.3) is 0 Å². The summed E-state index contributed by atoms with van der Waals surface area (Å²) in [4.78, 5) is 11.3. The molecule has 0 aliphatic carbocycles. The van der Waals surface area contributed by atoms with Gasteiger partial charge < -0.3 is 10.1 Å². The Kier molecular flexibility index (Phi) is 9.43. The lowest BCUT2D eigenvalue weighted by Crippen LogP contribution is -2.40. The fraction of sp³-hybridized carbons (Fsp3) is 0.800. The van der Waals surface area contributed by atoms with E-state index in [0.717, 1.165) is 6.42 Å². The molecule has 0 bridgehead atoms. The molecule has 1 amide bonds. The number of carbonyl (C=O) groups is 1. The van der Waals surface area contributed by atoms with Gasteiger partial charge in [-0.05, 0) is 39.7 Å². The molecule has 0 aliphatic rings. The third-order valence-corrected chi connectivity index (χ3v) is 2.47. The molecule has 1 N–H and O–H groups in total. The van der Waals surface area contributed by atoms with Gasteiger partial charge in [0.15, 0.2) is 0 Å². The number of nitrogens with one attached hydrogen (secondary N) is 1. The first-order chi connectivity index (χ1) is 8.45. The number of alkyl carbamates (subject to hydrolysis) is 1. The predicted octanol–water partition coefficient (Wildman–Crippen LogP) is 4.78. The fourth-order valence-corrected chi connectivity index (χ4v) is 1.56. The summed E-state index contributed by atoms with van der Waals surface area (Å²) in [7, 11) is 0. The molecule has 0 saturated carbocycles. The van der Waals surface area contributed by atoms with Gasteiger partial charge in [0.05, 0.1) is 6.26 Å². The normalized spacial score (nSPS) is 11.8. The van der Waals surface area contributed by atoms with Crippen LogP contribution in [-0.2, 0) is 4.74 Å². The van der Waals surface area contributed by atoms with E-state index in [1.165, 1.54) is 44.8 Å². The Morgan fingerprint density at radius 3 is 2.33 bits per heavy atom. The van der Waals surface area contributed by atoms with Crippen LogP contribution in [-0.4, -0.2) is 11.6 Å². The highest BCUT2D eigenvalue weighted by Crippen LogP contribution is 2.07. The largest absolute Gasteiger partial charge is 0.419 e. The number of carbonyl (C=O) groups excluding carboxylic acids is 1. The molecule has 0 saturated heterocycles. The Bertz CT molecular complexity index is 241. The average molecular weight is 255 g/mol. The molecule has 0 aromatic rings. The highest BCUT2D eigenvalue weighted by atomic mass is 16.5. The minimum absolute atomic E-state index is 0.246. The second-order valence-corrected chi connectivity index (χ2v) is 5.71. The molecule has 3 nitrogen and oxygen atoms in total. The van der Waals surface area contributed by atoms with Gasteiger partial charge in [0.2, 0.25) is 0 Å². The number of ether oxygens (including phenoxy) is 1. The van der Waals surface area contributed by atoms with Crippen LogP contribution in [0.2, 0.25) is 0 Å². The van der Waals surface area contributed by atoms with E-state index in [4.69, 9.17) is 4.74 Å². The zero-order valence-corrected chi connectivity index (χ0v) is 12.4. The predicted molar refractivity (Wildman–Crippen MR) is 76.5 cm³/mol. The molecular weight excluding hydrogens is 226 g/mol. The van der Waals surface area contributed by atoms with Crippen LogP contribution in [0.3, 0.4) is 0 Å². The zero-order valence-electron chi connectivity index (χ0n) is 12.4. The van der Waals surface area contributed by atoms with Crippen LogP contribution in [0.5, 0.6) is 0 Å². The molecule has 0 aliphatic heterocycles. The summed E-state index contributed by atoms with van der Waals surface area (Å²) < 4.78 is 4.93. The molecular formula is C15H29NO2. The van der Waals surface area contributed by atoms with Crippen molar-refractivity contribution in [2.45, 2.75) is 78.2 Å². The van der Waals surface area contributed by atoms with Crippen molar-refractivity contribution in [1.29, 1.82) is 0 Å². The van der Waals surface area contributed by atoms with Crippen LogP contribution in [0.1, 0.15) is 72.6 Å². The van der Waals surface area contributed by atoms with Gasteiger partial charge in [-0.25, -0.2) is 4.79 Å². The molecule has 0 atom stereocenters. The van der Waals surface area contributed by atoms with Gasteiger partial charge in [-0.2, -0.15) is 0 Å². The second kappa shape index (κ2) is 9.98. The van der Waals surface area contributed by atoms with Gasteiger partial charge in [-0.1, -0.05) is 39.0 Å². The number of rotatable bonds is 8. The number of amides is 1. The first-order valence-electron chi connectivity index (χ1n) is 7.09. The molecule has 0 spiro atoms. The van der Waals surface area contributed by atoms with E-state index >= 15 is 0 Å². The summed E-state index contributed by atoms with van der Waals surface area (Å²) in [6.45, 7) is 8.00. The van der Waals surface area contributed by atoms with Crippen LogP contribution in [0.15, 0.2) is 12.3 Å². The van der Waals surface area contributed by atoms with Crippen molar-refractivity contribution >= 4 is 6.09 Å². The molecule has 3 heteroatoms. The third kappa shape index (κ3) is 13.1. The van der Waals surface area contributed by atoms with E-state index in [-0.39, 0.29) is 11.6 Å². The minimum atomic E-state index is -0.387. The molecule has 0 rings (SSSR count). The van der Waals surface area contributed by atoms with Crippen molar-refractivity contribution in [2.75, 3.05) is 0 Å². The number of hydrogen-bond donors (Lipinski definition) is 1. The lowest BCUT2D eigenvalue weighted by Gasteiger charge is -2.18. The van der Waals surface area contributed by atoms with E-state index in [1.807, 2.05) is 26.8 Å². The quantitative estimate of drug-likeness (QED) is 0.501. The Morgan fingerprint density at radius 2 is 1.72 bits per heavy atom. The number of allylic oxidation sites excluding steroid dienone is 1. The highest BCUT2D eigenvalue weighted by molar-refractivity contribution is 5.68. The number of hydrogen-bond acceptors (Lipinski definition) is 2. The summed E-state index contributed by atoms with van der Waals surface area (Å²) in [5.74, 6) is 0. The third-order valence-electron chi connectivity index (χ3n) is 2.47. The maximum absolute atomic E-state index is 11.3. The summed E-state index contributed by atoms with van der Waals surface area (Å²) >= 11 is 0. The molecule has 0 aromatic heterocycles. The highest BCUT2D eigenvalue weighted by Gasteiger charge is 2.13. The minimum Gasteiger partial charge on any atom is -0.419 e. The molecule has 18 heavy (non-hydrogen) atoms. The van der Waals surface area contributed by atoms with Crippen molar-refractivity contribution in [2.24, 2.45) is 0 Å². The Hall–Kier alpha value is -0.990. The molecule has 0 heterocycles. The van der Waals surface area contributed by atoms with E-state index < -0.39 is 0 Å². The molecule has 106 valence electrons. The van der Waals surface area contributed by atoms with Crippen molar-refractivity contribution in [1.82, 2.24) is 5.32 Å². The first-order valence-corrected chi connectivity index (χ1v) is 7.09. The maximum Gasteiger partial charge on any atom is 0.412 e. The molecule has 0 unspecified atom stereocenters. The lowest BCUT2D eigenvalue weighted by molar-refractivity contribution is 0.175. The smallest absolute Gasteiger partial charge is 0.412 e. The van der Waals surface area contributed by atoms with Gasteiger partial charge in [-0.3, -0.25) is 0 Å². The summed E-state index contributed by atoms with van der Waals surface area (Å²) in [5, 5.41) is 2.73. The van der Waals surface area contributed by atoms with Crippen LogP contribution in [0, 0.1) is 0 Å². The van der Waals surface area contributed by atoms with E-state index in [1.54, 1.807) is 0 Å². The van der Waals surface area contributed by atoms with Crippen molar-refractivity contribution in [3.05, 3.63) is 12.3 Å². The van der Waals surface area contributed by atoms with Crippen molar-refractivity contribution in [3.8, 4) is 0 Å². The standard InChI is InChI=1S/C15H29NO2/c1-5-6-7-8-9-10-11-12-13-18-14(17)16-15(2,3)4/h12-13H,5-11H2,1-4H3,(H,16,17). The van der Waals surface area contributed by atoms with Gasteiger partial charge in [0.1, 0.15) is 0 Å². The maximum atomic E-state index is 11.3. The van der Waals surface area contributed by atoms with E-state index in [2.05, 4.69) is 12.2 Å². The van der Waals surface area contributed by atoms with Crippen molar-refractivity contribution < 1.29 is 9.53 Å². The van der Waals surface area contributed by atoms with Gasteiger partial charge in [0.25, 0.3) is 0 Å². The lowest BCUT2D eigenvalue weighted by atomic mass is 10.1. The Morgan fingerprint density at radius 1 is 1.11 bits per heavy atom. The zero-order chi connectivity index (χ0) is 13.9. The van der Waals surface area contributed by atoms with Gasteiger partial charge in [0, 0.05) is 5.54 Å². The first kappa shape index (κ1) is 17.0. The van der Waals surface area contributed by atoms with Crippen LogP contribution in [0.4, 0.5) is 4.79 Å². The monoisotopic (exact) mass is 255 g/mol. The summed E-state index contributed by atoms with van der Waals surface area (Å²) in [6, 6.07) is 0. The fourth-order valence-electron chi connectivity index (χ4n) is 1.56. The topological polar surface area (TPSA) is 38.3 Å². The van der Waals surface area contributed by atoms with Gasteiger partial charge >= 0.3 is 6.09 Å². The van der Waals surface area contributed by atoms with E-state index in [0.29, 0.717) is 0 Å². The Balaban J connectivity index is 3.40. The second-order valence-electron chi connectivity index (χ2n) is 5.71. The van der Waals surface area contributed by atoms with Crippen LogP contribution < -0.4 is 5.32 Å². The molecule has 0 fully saturated rings. The molecule has 0 radical (unpaired) electrons. The number of unbranched alkanes of at least 4 members (excludes halogenated alkanes) is 6. The van der Waals surface area contributed by atoms with Gasteiger partial charge in [-0.15, -0.1) is 0 Å². The summed E-state index contributed by atoms with van der Waals surface area (Å²) in [6.07, 6.45) is 11.7. The SMILES string of the molecule is CCCCCCCCC=COC(=O)NC(C)(C)C. The molecule has 0 aromatic carbocycles. The summed E-state index contributed by atoms with van der Waals surface area (Å²) in [5.41, 5.74) is -0.246. The van der Waals surface area contributed by atoms with E-state index in [9.17, 15) is 4.79 Å².